The van der Waals surface area contributed by atoms with E-state index in [4.69, 9.17) is 16.3 Å². The highest BCUT2D eigenvalue weighted by molar-refractivity contribution is 9.08. The van der Waals surface area contributed by atoms with Crippen LogP contribution in [0.15, 0.2) is 42.5 Å². The lowest BCUT2D eigenvalue weighted by Gasteiger charge is -2.08. The fourth-order valence-corrected chi connectivity index (χ4v) is 1.91. The number of pyridine rings is 1. The average molecular weight is 313 g/mol. The third kappa shape index (κ3) is 3.45. The van der Waals surface area contributed by atoms with Gasteiger partial charge in [-0.3, -0.25) is 0 Å². The zero-order chi connectivity index (χ0) is 12.1. The maximum absolute atomic E-state index is 6.02. The molecule has 0 saturated carbocycles. The van der Waals surface area contributed by atoms with Crippen molar-refractivity contribution in [1.82, 2.24) is 4.98 Å². The molecular formula is C13H11BrClNO. The minimum Gasteiger partial charge on any atom is -0.486 e. The Morgan fingerprint density at radius 1 is 1.12 bits per heavy atom. The van der Waals surface area contributed by atoms with E-state index in [9.17, 15) is 0 Å². The number of ether oxygens (including phenoxy) is 1. The Morgan fingerprint density at radius 3 is 2.53 bits per heavy atom. The van der Waals surface area contributed by atoms with Gasteiger partial charge in [-0.05, 0) is 17.7 Å². The van der Waals surface area contributed by atoms with Gasteiger partial charge in [-0.15, -0.1) is 0 Å². The molecule has 1 aromatic heterocycles. The summed E-state index contributed by atoms with van der Waals surface area (Å²) < 4.78 is 5.61. The van der Waals surface area contributed by atoms with Crippen molar-refractivity contribution in [2.75, 3.05) is 0 Å². The van der Waals surface area contributed by atoms with E-state index in [0.29, 0.717) is 22.8 Å². The van der Waals surface area contributed by atoms with Crippen molar-refractivity contribution >= 4 is 27.5 Å². The van der Waals surface area contributed by atoms with E-state index < -0.39 is 0 Å². The van der Waals surface area contributed by atoms with Crippen LogP contribution in [0.4, 0.5) is 0 Å². The highest BCUT2D eigenvalue weighted by atomic mass is 79.9. The third-order valence-corrected chi connectivity index (χ3v) is 3.09. The summed E-state index contributed by atoms with van der Waals surface area (Å²) in [4.78, 5) is 4.20. The number of nitrogens with zero attached hydrogens (tertiary/aromatic N) is 1. The summed E-state index contributed by atoms with van der Waals surface area (Å²) >= 11 is 9.35. The lowest BCUT2D eigenvalue weighted by Crippen LogP contribution is -1.97. The van der Waals surface area contributed by atoms with Crippen molar-refractivity contribution < 1.29 is 4.74 Å². The predicted octanol–water partition coefficient (Wildman–Crippen LogP) is 4.21. The molecule has 0 aliphatic heterocycles. The molecule has 1 heterocycles. The number of benzene rings is 1. The Balaban J connectivity index is 2.04. The molecule has 4 heteroatoms. The van der Waals surface area contributed by atoms with Crippen molar-refractivity contribution in [2.24, 2.45) is 0 Å². The van der Waals surface area contributed by atoms with E-state index in [-0.39, 0.29) is 0 Å². The van der Waals surface area contributed by atoms with Crippen LogP contribution in [0.5, 0.6) is 5.75 Å². The first-order valence-corrected chi connectivity index (χ1v) is 6.67. The zero-order valence-electron chi connectivity index (χ0n) is 9.07. The molecule has 0 aliphatic rings. The van der Waals surface area contributed by atoms with E-state index in [1.165, 1.54) is 0 Å². The summed E-state index contributed by atoms with van der Waals surface area (Å²) in [5, 5.41) is 1.09. The van der Waals surface area contributed by atoms with E-state index in [2.05, 4.69) is 20.9 Å². The van der Waals surface area contributed by atoms with E-state index in [1.807, 2.05) is 42.5 Å². The fourth-order valence-electron chi connectivity index (χ4n) is 1.38. The van der Waals surface area contributed by atoms with Crippen molar-refractivity contribution in [2.45, 2.75) is 11.9 Å². The number of hydrogen-bond donors (Lipinski definition) is 0. The molecule has 0 bridgehead atoms. The van der Waals surface area contributed by atoms with Gasteiger partial charge >= 0.3 is 0 Å². The first kappa shape index (κ1) is 12.4. The van der Waals surface area contributed by atoms with Crippen molar-refractivity contribution in [3.05, 3.63) is 58.9 Å². The molecule has 0 atom stereocenters. The SMILES string of the molecule is Clc1nc(CBr)ccc1OCc1ccccc1. The van der Waals surface area contributed by atoms with Crippen LogP contribution in [0.2, 0.25) is 5.15 Å². The number of rotatable bonds is 4. The normalized spacial score (nSPS) is 10.2. The first-order valence-electron chi connectivity index (χ1n) is 5.17. The van der Waals surface area contributed by atoms with Crippen LogP contribution in [0.25, 0.3) is 0 Å². The molecule has 0 fully saturated rings. The second kappa shape index (κ2) is 6.03. The van der Waals surface area contributed by atoms with Gasteiger partial charge in [-0.25, -0.2) is 4.98 Å². The molecule has 0 radical (unpaired) electrons. The van der Waals surface area contributed by atoms with Gasteiger partial charge in [0.05, 0.1) is 5.69 Å². The summed E-state index contributed by atoms with van der Waals surface area (Å²) in [6, 6.07) is 13.7. The summed E-state index contributed by atoms with van der Waals surface area (Å²) in [6.45, 7) is 0.496. The highest BCUT2D eigenvalue weighted by Gasteiger charge is 2.04. The standard InChI is InChI=1S/C13H11BrClNO/c14-8-11-6-7-12(13(15)16-11)17-9-10-4-2-1-3-5-10/h1-7H,8-9H2. The van der Waals surface area contributed by atoms with Crippen molar-refractivity contribution in [3.8, 4) is 5.75 Å². The lowest BCUT2D eigenvalue weighted by atomic mass is 10.2. The molecule has 0 amide bonds. The largest absolute Gasteiger partial charge is 0.486 e. The topological polar surface area (TPSA) is 22.1 Å². The van der Waals surface area contributed by atoms with Gasteiger partial charge in [0.2, 0.25) is 0 Å². The van der Waals surface area contributed by atoms with Crippen LogP contribution in [0.1, 0.15) is 11.3 Å². The second-order valence-corrected chi connectivity index (χ2v) is 4.42. The summed E-state index contributed by atoms with van der Waals surface area (Å²) in [6.07, 6.45) is 0. The monoisotopic (exact) mass is 311 g/mol. The van der Waals surface area contributed by atoms with Crippen LogP contribution in [0, 0.1) is 0 Å². The summed E-state index contributed by atoms with van der Waals surface area (Å²) in [5.74, 6) is 0.611. The minimum absolute atomic E-state index is 0.401. The van der Waals surface area contributed by atoms with Gasteiger partial charge in [0.1, 0.15) is 6.61 Å². The number of alkyl halides is 1. The van der Waals surface area contributed by atoms with Crippen LogP contribution in [-0.4, -0.2) is 4.98 Å². The Morgan fingerprint density at radius 2 is 1.88 bits per heavy atom. The molecular weight excluding hydrogens is 302 g/mol. The Kier molecular flexibility index (Phi) is 4.40. The third-order valence-electron chi connectivity index (χ3n) is 2.25. The fraction of sp³-hybridized carbons (Fsp3) is 0.154. The quantitative estimate of drug-likeness (QED) is 0.623. The lowest BCUT2D eigenvalue weighted by molar-refractivity contribution is 0.305. The molecule has 2 nitrogen and oxygen atoms in total. The van der Waals surface area contributed by atoms with E-state index in [1.54, 1.807) is 0 Å². The molecule has 0 spiro atoms. The molecule has 1 aromatic carbocycles. The number of hydrogen-bond acceptors (Lipinski definition) is 2. The average Bonchev–Trinajstić information content (AvgIpc) is 2.38. The first-order chi connectivity index (χ1) is 8.29. The second-order valence-electron chi connectivity index (χ2n) is 3.50. The van der Waals surface area contributed by atoms with Gasteiger partial charge in [0.15, 0.2) is 10.9 Å². The maximum Gasteiger partial charge on any atom is 0.171 e. The summed E-state index contributed by atoms with van der Waals surface area (Å²) in [7, 11) is 0. The molecule has 2 rings (SSSR count). The van der Waals surface area contributed by atoms with Crippen LogP contribution in [-0.2, 0) is 11.9 Å². The summed E-state index contributed by atoms with van der Waals surface area (Å²) in [5.41, 5.74) is 2.00. The van der Waals surface area contributed by atoms with Crippen LogP contribution in [0.3, 0.4) is 0 Å². The van der Waals surface area contributed by atoms with Gasteiger partial charge in [-0.1, -0.05) is 57.9 Å². The molecule has 0 unspecified atom stereocenters. The van der Waals surface area contributed by atoms with Crippen LogP contribution < -0.4 is 4.74 Å². The zero-order valence-corrected chi connectivity index (χ0v) is 11.4. The maximum atomic E-state index is 6.02. The van der Waals surface area contributed by atoms with Gasteiger partial charge in [0, 0.05) is 5.33 Å². The van der Waals surface area contributed by atoms with E-state index in [0.717, 1.165) is 11.3 Å². The van der Waals surface area contributed by atoms with Crippen molar-refractivity contribution in [1.29, 1.82) is 0 Å². The Hall–Kier alpha value is -1.06. The Bertz CT molecular complexity index is 490. The smallest absolute Gasteiger partial charge is 0.171 e. The van der Waals surface area contributed by atoms with Gasteiger partial charge < -0.3 is 4.74 Å². The molecule has 2 aromatic rings. The highest BCUT2D eigenvalue weighted by Crippen LogP contribution is 2.23. The molecule has 0 N–H and O–H groups in total. The molecule has 0 aliphatic carbocycles. The molecule has 17 heavy (non-hydrogen) atoms. The minimum atomic E-state index is 0.401. The van der Waals surface area contributed by atoms with Crippen LogP contribution >= 0.6 is 27.5 Å². The number of aromatic nitrogens is 1. The predicted molar refractivity (Wildman–Crippen MR) is 72.7 cm³/mol. The van der Waals surface area contributed by atoms with Gasteiger partial charge in [0.25, 0.3) is 0 Å². The molecule has 88 valence electrons. The van der Waals surface area contributed by atoms with E-state index >= 15 is 0 Å². The Labute approximate surface area is 114 Å². The number of halogens is 2. The van der Waals surface area contributed by atoms with Gasteiger partial charge in [-0.2, -0.15) is 0 Å². The van der Waals surface area contributed by atoms with Crippen molar-refractivity contribution in [3.63, 3.8) is 0 Å². The molecule has 0 saturated heterocycles.